The van der Waals surface area contributed by atoms with Crippen molar-refractivity contribution < 1.29 is 19.1 Å². The molecule has 1 aromatic carbocycles. The third kappa shape index (κ3) is 7.69. The highest BCUT2D eigenvalue weighted by atomic mass is 35.5. The van der Waals surface area contributed by atoms with Crippen LogP contribution < -0.4 is 0 Å². The molecule has 0 N–H and O–H groups in total. The highest BCUT2D eigenvalue weighted by Crippen LogP contribution is 2.12. The maximum Gasteiger partial charge on any atom is 0.357 e. The van der Waals surface area contributed by atoms with Gasteiger partial charge in [-0.3, -0.25) is 0 Å². The molecular formula is C22H26ClNO4. The van der Waals surface area contributed by atoms with Gasteiger partial charge < -0.3 is 9.47 Å². The molecule has 6 heteroatoms. The summed E-state index contributed by atoms with van der Waals surface area (Å²) in [5.41, 5.74) is 0.988. The summed E-state index contributed by atoms with van der Waals surface area (Å²) in [5, 5.41) is 0.615. The maximum atomic E-state index is 12.2. The van der Waals surface area contributed by atoms with E-state index in [2.05, 4.69) is 11.9 Å². The fourth-order valence-electron chi connectivity index (χ4n) is 2.59. The highest BCUT2D eigenvalue weighted by molar-refractivity contribution is 6.30. The van der Waals surface area contributed by atoms with E-state index in [0.29, 0.717) is 11.6 Å². The molecule has 28 heavy (non-hydrogen) atoms. The molecule has 0 fully saturated rings. The number of unbranched alkanes of at least 4 members (excludes halogenated alkanes) is 5. The van der Waals surface area contributed by atoms with Crippen molar-refractivity contribution in [1.82, 2.24) is 4.98 Å². The van der Waals surface area contributed by atoms with E-state index in [1.807, 2.05) is 0 Å². The predicted molar refractivity (Wildman–Crippen MR) is 108 cm³/mol. The SMILES string of the molecule is CCCCCCCCOC(=O)c1cccc(C(=O)OCc2ccc(Cl)cc2)n1. The van der Waals surface area contributed by atoms with Crippen molar-refractivity contribution >= 4 is 23.5 Å². The summed E-state index contributed by atoms with van der Waals surface area (Å²) in [7, 11) is 0. The Bertz CT molecular complexity index is 761. The van der Waals surface area contributed by atoms with E-state index in [0.717, 1.165) is 24.8 Å². The molecule has 2 rings (SSSR count). The molecule has 0 saturated heterocycles. The molecule has 0 radical (unpaired) electrons. The van der Waals surface area contributed by atoms with Gasteiger partial charge in [-0.05, 0) is 36.2 Å². The number of halogens is 1. The molecule has 0 saturated carbocycles. The van der Waals surface area contributed by atoms with Crippen molar-refractivity contribution in [3.05, 3.63) is 64.4 Å². The van der Waals surface area contributed by atoms with Crippen molar-refractivity contribution in [3.63, 3.8) is 0 Å². The first-order valence-corrected chi connectivity index (χ1v) is 10.0. The lowest BCUT2D eigenvalue weighted by atomic mass is 10.1. The minimum Gasteiger partial charge on any atom is -0.461 e. The number of pyridine rings is 1. The Morgan fingerprint density at radius 1 is 0.857 bits per heavy atom. The van der Waals surface area contributed by atoms with Crippen molar-refractivity contribution in [3.8, 4) is 0 Å². The Hall–Kier alpha value is -2.40. The van der Waals surface area contributed by atoms with Gasteiger partial charge in [-0.2, -0.15) is 0 Å². The quantitative estimate of drug-likeness (QED) is 0.360. The maximum absolute atomic E-state index is 12.2. The van der Waals surface area contributed by atoms with Gasteiger partial charge >= 0.3 is 11.9 Å². The van der Waals surface area contributed by atoms with Crippen LogP contribution in [0.3, 0.4) is 0 Å². The monoisotopic (exact) mass is 403 g/mol. The molecule has 0 aliphatic carbocycles. The molecule has 150 valence electrons. The van der Waals surface area contributed by atoms with Crippen LogP contribution >= 0.6 is 11.6 Å². The summed E-state index contributed by atoms with van der Waals surface area (Å²) in [6.07, 6.45) is 6.69. The summed E-state index contributed by atoms with van der Waals surface area (Å²) < 4.78 is 10.5. The van der Waals surface area contributed by atoms with Gasteiger partial charge in [0.25, 0.3) is 0 Å². The number of rotatable bonds is 11. The average Bonchev–Trinajstić information content (AvgIpc) is 2.72. The van der Waals surface area contributed by atoms with Gasteiger partial charge in [-0.1, -0.05) is 68.8 Å². The van der Waals surface area contributed by atoms with Crippen LogP contribution in [-0.4, -0.2) is 23.5 Å². The van der Waals surface area contributed by atoms with Crippen molar-refractivity contribution in [2.45, 2.75) is 52.1 Å². The number of nitrogens with zero attached hydrogens (tertiary/aromatic N) is 1. The lowest BCUT2D eigenvalue weighted by molar-refractivity contribution is 0.0463. The van der Waals surface area contributed by atoms with Gasteiger partial charge in [0.15, 0.2) is 0 Å². The normalized spacial score (nSPS) is 10.5. The molecule has 0 bridgehead atoms. The van der Waals surface area contributed by atoms with Gasteiger partial charge in [0.1, 0.15) is 18.0 Å². The minimum absolute atomic E-state index is 0.0722. The van der Waals surface area contributed by atoms with Crippen LogP contribution in [0.2, 0.25) is 5.02 Å². The Morgan fingerprint density at radius 3 is 2.14 bits per heavy atom. The number of esters is 2. The van der Waals surface area contributed by atoms with E-state index in [-0.39, 0.29) is 18.0 Å². The lowest BCUT2D eigenvalue weighted by Crippen LogP contribution is -2.13. The smallest absolute Gasteiger partial charge is 0.357 e. The molecule has 5 nitrogen and oxygen atoms in total. The van der Waals surface area contributed by atoms with E-state index >= 15 is 0 Å². The van der Waals surface area contributed by atoms with Crippen LogP contribution in [0, 0.1) is 0 Å². The van der Waals surface area contributed by atoms with Crippen molar-refractivity contribution in [2.75, 3.05) is 6.61 Å². The van der Waals surface area contributed by atoms with Crippen LogP contribution in [0.4, 0.5) is 0 Å². The zero-order chi connectivity index (χ0) is 20.2. The molecule has 0 aliphatic rings. The molecule has 2 aromatic rings. The van der Waals surface area contributed by atoms with Gasteiger partial charge in [-0.25, -0.2) is 14.6 Å². The number of hydrogen-bond acceptors (Lipinski definition) is 5. The second-order valence-electron chi connectivity index (χ2n) is 6.51. The van der Waals surface area contributed by atoms with E-state index < -0.39 is 11.9 Å². The zero-order valence-electron chi connectivity index (χ0n) is 16.2. The number of carbonyl (C=O) groups excluding carboxylic acids is 2. The summed E-state index contributed by atoms with van der Waals surface area (Å²) in [5.74, 6) is -1.12. The minimum atomic E-state index is -0.597. The van der Waals surface area contributed by atoms with Crippen LogP contribution in [0.5, 0.6) is 0 Å². The highest BCUT2D eigenvalue weighted by Gasteiger charge is 2.14. The molecule has 0 atom stereocenters. The van der Waals surface area contributed by atoms with Crippen LogP contribution in [0.15, 0.2) is 42.5 Å². The Morgan fingerprint density at radius 2 is 1.46 bits per heavy atom. The molecule has 1 heterocycles. The number of ether oxygens (including phenoxy) is 2. The predicted octanol–water partition coefficient (Wildman–Crippen LogP) is 5.61. The molecule has 1 aromatic heterocycles. The van der Waals surface area contributed by atoms with Crippen LogP contribution in [0.25, 0.3) is 0 Å². The van der Waals surface area contributed by atoms with Gasteiger partial charge in [-0.15, -0.1) is 0 Å². The molecule has 0 spiro atoms. The lowest BCUT2D eigenvalue weighted by Gasteiger charge is -2.07. The van der Waals surface area contributed by atoms with Crippen LogP contribution in [-0.2, 0) is 16.1 Å². The van der Waals surface area contributed by atoms with E-state index in [1.165, 1.54) is 31.4 Å². The molecule has 0 amide bonds. The first kappa shape index (κ1) is 21.9. The van der Waals surface area contributed by atoms with Gasteiger partial charge in [0, 0.05) is 5.02 Å². The molecular weight excluding hydrogens is 378 g/mol. The fraction of sp³-hybridized carbons (Fsp3) is 0.409. The first-order chi connectivity index (χ1) is 13.6. The summed E-state index contributed by atoms with van der Waals surface area (Å²) in [6, 6.07) is 11.6. The molecule has 0 aliphatic heterocycles. The zero-order valence-corrected chi connectivity index (χ0v) is 16.9. The largest absolute Gasteiger partial charge is 0.461 e. The topological polar surface area (TPSA) is 65.5 Å². The van der Waals surface area contributed by atoms with Crippen LogP contribution in [0.1, 0.15) is 72.0 Å². The number of carbonyl (C=O) groups is 2. The number of hydrogen-bond donors (Lipinski definition) is 0. The van der Waals surface area contributed by atoms with E-state index in [9.17, 15) is 9.59 Å². The van der Waals surface area contributed by atoms with E-state index in [4.69, 9.17) is 21.1 Å². The first-order valence-electron chi connectivity index (χ1n) is 9.66. The average molecular weight is 404 g/mol. The Kier molecular flexibility index (Phi) is 9.49. The third-order valence-electron chi connectivity index (χ3n) is 4.18. The standard InChI is InChI=1S/C22H26ClNO4/c1-2-3-4-5-6-7-15-27-21(25)19-9-8-10-20(24-19)22(26)28-16-17-11-13-18(23)14-12-17/h8-14H,2-7,15-16H2,1H3. The van der Waals surface area contributed by atoms with Crippen molar-refractivity contribution in [2.24, 2.45) is 0 Å². The number of aromatic nitrogens is 1. The summed E-state index contributed by atoms with van der Waals surface area (Å²) >= 11 is 5.83. The van der Waals surface area contributed by atoms with Gasteiger partial charge in [0.2, 0.25) is 0 Å². The Labute approximate surface area is 171 Å². The van der Waals surface area contributed by atoms with Gasteiger partial charge in [0.05, 0.1) is 6.61 Å². The third-order valence-corrected chi connectivity index (χ3v) is 4.43. The fourth-order valence-corrected chi connectivity index (χ4v) is 2.71. The summed E-state index contributed by atoms with van der Waals surface area (Å²) in [6.45, 7) is 2.64. The summed E-state index contributed by atoms with van der Waals surface area (Å²) in [4.78, 5) is 28.4. The van der Waals surface area contributed by atoms with Crippen molar-refractivity contribution in [1.29, 1.82) is 0 Å². The second kappa shape index (κ2) is 12.1. The number of benzene rings is 1. The second-order valence-corrected chi connectivity index (χ2v) is 6.95. The molecule has 0 unspecified atom stereocenters. The van der Waals surface area contributed by atoms with E-state index in [1.54, 1.807) is 30.3 Å². The Balaban J connectivity index is 1.79.